The number of rotatable bonds is 4. The summed E-state index contributed by atoms with van der Waals surface area (Å²) < 4.78 is 13.6. The molecule has 0 aliphatic carbocycles. The Morgan fingerprint density at radius 1 is 1.17 bits per heavy atom. The first kappa shape index (κ1) is 15.8. The number of anilines is 1. The van der Waals surface area contributed by atoms with Gasteiger partial charge < -0.3 is 0 Å². The molecule has 2 aromatic carbocycles. The fourth-order valence-electron chi connectivity index (χ4n) is 2.06. The van der Waals surface area contributed by atoms with Crippen LogP contribution in [0.4, 0.5) is 9.52 Å². The summed E-state index contributed by atoms with van der Waals surface area (Å²) in [5, 5.41) is 3.34. The molecule has 3 aromatic rings. The van der Waals surface area contributed by atoms with Gasteiger partial charge in [-0.15, -0.1) is 11.3 Å². The van der Waals surface area contributed by atoms with Gasteiger partial charge in [-0.3, -0.25) is 10.1 Å². The Balaban J connectivity index is 1.69. The zero-order valence-electron chi connectivity index (χ0n) is 11.9. The van der Waals surface area contributed by atoms with Crippen LogP contribution < -0.4 is 5.32 Å². The SMILES string of the molecule is O=C(Nc1ncc(Cc2ccc(F)cc2)s1)c1ccccc1Br. The van der Waals surface area contributed by atoms with Crippen LogP contribution in [0.25, 0.3) is 0 Å². The lowest BCUT2D eigenvalue weighted by molar-refractivity contribution is 0.102. The van der Waals surface area contributed by atoms with Crippen LogP contribution in [0.5, 0.6) is 0 Å². The third-order valence-corrected chi connectivity index (χ3v) is 4.79. The first-order valence-corrected chi connectivity index (χ1v) is 8.48. The van der Waals surface area contributed by atoms with Crippen molar-refractivity contribution in [2.45, 2.75) is 6.42 Å². The van der Waals surface area contributed by atoms with Crippen molar-refractivity contribution in [1.82, 2.24) is 4.98 Å². The largest absolute Gasteiger partial charge is 0.298 e. The summed E-state index contributed by atoms with van der Waals surface area (Å²) >= 11 is 4.77. The molecule has 0 saturated carbocycles. The number of carbonyl (C=O) groups is 1. The van der Waals surface area contributed by atoms with Crippen molar-refractivity contribution in [2.75, 3.05) is 5.32 Å². The predicted octanol–water partition coefficient (Wildman–Crippen LogP) is 4.89. The van der Waals surface area contributed by atoms with Crippen molar-refractivity contribution in [2.24, 2.45) is 0 Å². The third-order valence-electron chi connectivity index (χ3n) is 3.18. The average molecular weight is 391 g/mol. The fraction of sp³-hybridized carbons (Fsp3) is 0.0588. The van der Waals surface area contributed by atoms with Crippen molar-refractivity contribution in [1.29, 1.82) is 0 Å². The number of aromatic nitrogens is 1. The smallest absolute Gasteiger partial charge is 0.258 e. The van der Waals surface area contributed by atoms with Crippen LogP contribution in [0.1, 0.15) is 20.8 Å². The number of amides is 1. The van der Waals surface area contributed by atoms with Crippen molar-refractivity contribution in [3.8, 4) is 0 Å². The number of carbonyl (C=O) groups excluding carboxylic acids is 1. The minimum atomic E-state index is -0.251. The third kappa shape index (κ3) is 4.03. The molecule has 1 aromatic heterocycles. The van der Waals surface area contributed by atoms with Crippen LogP contribution >= 0.6 is 27.3 Å². The Hall–Kier alpha value is -2.05. The topological polar surface area (TPSA) is 42.0 Å². The van der Waals surface area contributed by atoms with E-state index in [1.807, 2.05) is 18.2 Å². The van der Waals surface area contributed by atoms with Gasteiger partial charge in [0.1, 0.15) is 5.82 Å². The van der Waals surface area contributed by atoms with E-state index in [1.165, 1.54) is 23.5 Å². The molecule has 0 saturated heterocycles. The molecule has 116 valence electrons. The monoisotopic (exact) mass is 390 g/mol. The second-order valence-electron chi connectivity index (χ2n) is 4.87. The molecule has 0 unspecified atom stereocenters. The molecular weight excluding hydrogens is 379 g/mol. The first-order chi connectivity index (χ1) is 11.1. The molecule has 3 nitrogen and oxygen atoms in total. The quantitative estimate of drug-likeness (QED) is 0.688. The van der Waals surface area contributed by atoms with E-state index >= 15 is 0 Å². The van der Waals surface area contributed by atoms with E-state index in [1.54, 1.807) is 24.4 Å². The van der Waals surface area contributed by atoms with Gasteiger partial charge in [0, 0.05) is 22.0 Å². The minimum Gasteiger partial charge on any atom is -0.298 e. The van der Waals surface area contributed by atoms with Gasteiger partial charge in [-0.2, -0.15) is 0 Å². The van der Waals surface area contributed by atoms with E-state index in [4.69, 9.17) is 0 Å². The Kier molecular flexibility index (Phi) is 4.83. The van der Waals surface area contributed by atoms with Crippen molar-refractivity contribution < 1.29 is 9.18 Å². The molecule has 6 heteroatoms. The number of benzene rings is 2. The highest BCUT2D eigenvalue weighted by molar-refractivity contribution is 9.10. The molecule has 0 fully saturated rings. The molecule has 0 atom stereocenters. The summed E-state index contributed by atoms with van der Waals surface area (Å²) in [6.07, 6.45) is 2.38. The highest BCUT2D eigenvalue weighted by Gasteiger charge is 2.12. The Labute approximate surface area is 145 Å². The second kappa shape index (κ2) is 7.02. The van der Waals surface area contributed by atoms with Crippen LogP contribution in [0.15, 0.2) is 59.2 Å². The highest BCUT2D eigenvalue weighted by Crippen LogP contribution is 2.23. The van der Waals surface area contributed by atoms with Gasteiger partial charge in [0.25, 0.3) is 5.91 Å². The minimum absolute atomic E-state index is 0.208. The predicted molar refractivity (Wildman–Crippen MR) is 93.4 cm³/mol. The fourth-order valence-corrected chi connectivity index (χ4v) is 3.37. The Morgan fingerprint density at radius 3 is 2.65 bits per heavy atom. The van der Waals surface area contributed by atoms with Gasteiger partial charge >= 0.3 is 0 Å². The van der Waals surface area contributed by atoms with Gasteiger partial charge in [0.15, 0.2) is 5.13 Å². The van der Waals surface area contributed by atoms with Gasteiger partial charge in [-0.25, -0.2) is 9.37 Å². The number of thiazole rings is 1. The summed E-state index contributed by atoms with van der Waals surface area (Å²) in [5.41, 5.74) is 1.56. The molecule has 0 bridgehead atoms. The van der Waals surface area contributed by atoms with Crippen LogP contribution in [0.2, 0.25) is 0 Å². The van der Waals surface area contributed by atoms with E-state index in [-0.39, 0.29) is 11.7 Å². The van der Waals surface area contributed by atoms with Crippen molar-refractivity contribution in [3.63, 3.8) is 0 Å². The van der Waals surface area contributed by atoms with E-state index in [9.17, 15) is 9.18 Å². The molecule has 23 heavy (non-hydrogen) atoms. The standard InChI is InChI=1S/C17H12BrFN2OS/c18-15-4-2-1-3-14(15)16(22)21-17-20-10-13(23-17)9-11-5-7-12(19)8-6-11/h1-8,10H,9H2,(H,20,21,22). The summed E-state index contributed by atoms with van der Waals surface area (Å²) in [6, 6.07) is 13.6. The number of hydrogen-bond donors (Lipinski definition) is 1. The summed E-state index contributed by atoms with van der Waals surface area (Å²) in [6.45, 7) is 0. The van der Waals surface area contributed by atoms with Gasteiger partial charge in [-0.05, 0) is 45.8 Å². The van der Waals surface area contributed by atoms with Crippen LogP contribution in [-0.2, 0) is 6.42 Å². The molecular formula is C17H12BrFN2OS. The van der Waals surface area contributed by atoms with Crippen molar-refractivity contribution >= 4 is 38.3 Å². The molecule has 0 spiro atoms. The molecule has 3 rings (SSSR count). The molecule has 1 amide bonds. The molecule has 0 aliphatic rings. The molecule has 1 N–H and O–H groups in total. The maximum atomic E-state index is 12.9. The van der Waals surface area contributed by atoms with Gasteiger partial charge in [0.2, 0.25) is 0 Å². The van der Waals surface area contributed by atoms with Crippen LogP contribution in [-0.4, -0.2) is 10.9 Å². The maximum Gasteiger partial charge on any atom is 0.258 e. The molecule has 1 heterocycles. The number of nitrogens with zero attached hydrogens (tertiary/aromatic N) is 1. The zero-order valence-corrected chi connectivity index (χ0v) is 14.3. The zero-order chi connectivity index (χ0) is 16.2. The Bertz CT molecular complexity index is 833. The summed E-state index contributed by atoms with van der Waals surface area (Å²) in [4.78, 5) is 17.4. The lowest BCUT2D eigenvalue weighted by Crippen LogP contribution is -2.12. The van der Waals surface area contributed by atoms with Gasteiger partial charge in [0.05, 0.1) is 5.56 Å². The van der Waals surface area contributed by atoms with Crippen LogP contribution in [0, 0.1) is 5.82 Å². The molecule has 0 radical (unpaired) electrons. The van der Waals surface area contributed by atoms with E-state index in [0.717, 1.165) is 14.9 Å². The Morgan fingerprint density at radius 2 is 1.91 bits per heavy atom. The van der Waals surface area contributed by atoms with Crippen molar-refractivity contribution in [3.05, 3.63) is 81.0 Å². The normalized spacial score (nSPS) is 10.5. The van der Waals surface area contributed by atoms with Gasteiger partial charge in [-0.1, -0.05) is 24.3 Å². The summed E-state index contributed by atoms with van der Waals surface area (Å²) in [5.74, 6) is -0.459. The van der Waals surface area contributed by atoms with E-state index in [2.05, 4.69) is 26.2 Å². The lowest BCUT2D eigenvalue weighted by atomic mass is 10.1. The first-order valence-electron chi connectivity index (χ1n) is 6.87. The molecule has 0 aliphatic heterocycles. The summed E-state index contributed by atoms with van der Waals surface area (Å²) in [7, 11) is 0. The highest BCUT2D eigenvalue weighted by atomic mass is 79.9. The maximum absolute atomic E-state index is 12.9. The number of halogens is 2. The van der Waals surface area contributed by atoms with Crippen LogP contribution in [0.3, 0.4) is 0 Å². The number of hydrogen-bond acceptors (Lipinski definition) is 3. The second-order valence-corrected chi connectivity index (χ2v) is 6.84. The van der Waals surface area contributed by atoms with E-state index in [0.29, 0.717) is 17.1 Å². The van der Waals surface area contributed by atoms with E-state index < -0.39 is 0 Å². The number of nitrogens with one attached hydrogen (secondary N) is 1. The average Bonchev–Trinajstić information content (AvgIpc) is 2.97. The lowest BCUT2D eigenvalue weighted by Gasteiger charge is -2.03.